The Kier molecular flexibility index (Phi) is 6.60. The van der Waals surface area contributed by atoms with E-state index in [-0.39, 0.29) is 0 Å². The van der Waals surface area contributed by atoms with Gasteiger partial charge in [0.1, 0.15) is 13.5 Å². The Morgan fingerprint density at radius 1 is 1.46 bits per heavy atom. The molecular formula is C10H19BrOSi. The van der Waals surface area contributed by atoms with E-state index in [1.54, 1.807) is 0 Å². The molecule has 0 aliphatic rings. The first-order valence-electron chi connectivity index (χ1n) is 4.74. The van der Waals surface area contributed by atoms with Gasteiger partial charge in [-0.2, -0.15) is 0 Å². The summed E-state index contributed by atoms with van der Waals surface area (Å²) < 4.78 is 0. The van der Waals surface area contributed by atoms with E-state index in [0.717, 1.165) is 30.6 Å². The van der Waals surface area contributed by atoms with Gasteiger partial charge in [-0.25, -0.2) is 0 Å². The zero-order chi connectivity index (χ0) is 10.3. The third-order valence-corrected chi connectivity index (χ3v) is 5.83. The van der Waals surface area contributed by atoms with Gasteiger partial charge in [0.05, 0.1) is 0 Å². The zero-order valence-electron chi connectivity index (χ0n) is 8.61. The van der Waals surface area contributed by atoms with Crippen LogP contribution >= 0.6 is 15.9 Å². The van der Waals surface area contributed by atoms with Crippen molar-refractivity contribution in [3.8, 4) is 0 Å². The van der Waals surface area contributed by atoms with E-state index in [9.17, 15) is 4.79 Å². The largest absolute Gasteiger partial charge is 0.305 e. The van der Waals surface area contributed by atoms with Gasteiger partial charge in [-0.15, -0.1) is 6.58 Å². The zero-order valence-corrected chi connectivity index (χ0v) is 11.2. The minimum Gasteiger partial charge on any atom is -0.305 e. The Morgan fingerprint density at radius 2 is 2.08 bits per heavy atom. The van der Waals surface area contributed by atoms with Crippen molar-refractivity contribution in [1.29, 1.82) is 0 Å². The number of halogens is 1. The van der Waals surface area contributed by atoms with Crippen LogP contribution in [0.25, 0.3) is 0 Å². The molecule has 0 fully saturated rings. The van der Waals surface area contributed by atoms with Gasteiger partial charge in [0, 0.05) is 11.8 Å². The highest BCUT2D eigenvalue weighted by Gasteiger charge is 2.27. The lowest BCUT2D eigenvalue weighted by Gasteiger charge is -2.18. The van der Waals surface area contributed by atoms with Crippen LogP contribution in [0.3, 0.4) is 0 Å². The molecule has 0 rings (SSSR count). The number of carbonyl (C=O) groups excluding carboxylic acids is 1. The maximum absolute atomic E-state index is 11.7. The first-order chi connectivity index (χ1) is 6.04. The molecule has 0 N–H and O–H groups in total. The van der Waals surface area contributed by atoms with Gasteiger partial charge in [0.2, 0.25) is 0 Å². The SMILES string of the molecule is C=CC[Si](C)(C)C(=O)CCCCBr. The fourth-order valence-corrected chi connectivity index (χ4v) is 3.39. The quantitative estimate of drug-likeness (QED) is 0.297. The molecule has 0 radical (unpaired) electrons. The minimum atomic E-state index is -1.63. The fraction of sp³-hybridized carbons (Fsp3) is 0.700. The number of carbonyl (C=O) groups is 1. The lowest BCUT2D eigenvalue weighted by Crippen LogP contribution is -2.36. The van der Waals surface area contributed by atoms with Crippen LogP contribution < -0.4 is 0 Å². The molecule has 0 aromatic carbocycles. The first kappa shape index (κ1) is 13.1. The number of hydrogen-bond donors (Lipinski definition) is 0. The molecule has 13 heavy (non-hydrogen) atoms. The molecule has 0 spiro atoms. The average Bonchev–Trinajstić information content (AvgIpc) is 2.04. The molecule has 0 amide bonds. The third-order valence-electron chi connectivity index (χ3n) is 2.20. The van der Waals surface area contributed by atoms with Crippen LogP contribution in [0.15, 0.2) is 12.7 Å². The van der Waals surface area contributed by atoms with Crippen LogP contribution in [0.4, 0.5) is 0 Å². The molecular weight excluding hydrogens is 244 g/mol. The lowest BCUT2D eigenvalue weighted by molar-refractivity contribution is -0.112. The maximum Gasteiger partial charge on any atom is 0.130 e. The highest BCUT2D eigenvalue weighted by atomic mass is 79.9. The second-order valence-corrected chi connectivity index (χ2v) is 9.47. The summed E-state index contributed by atoms with van der Waals surface area (Å²) in [6, 6.07) is 0.917. The molecule has 0 saturated heterocycles. The normalized spacial score (nSPS) is 11.3. The number of allylic oxidation sites excluding steroid dienone is 1. The molecule has 0 saturated carbocycles. The predicted molar refractivity (Wildman–Crippen MR) is 65.1 cm³/mol. The summed E-state index contributed by atoms with van der Waals surface area (Å²) in [6.07, 6.45) is 4.77. The number of unbranched alkanes of at least 4 members (excludes halogenated alkanes) is 1. The van der Waals surface area contributed by atoms with Crippen molar-refractivity contribution >= 4 is 29.4 Å². The molecule has 0 aliphatic heterocycles. The average molecular weight is 263 g/mol. The molecule has 0 aromatic rings. The summed E-state index contributed by atoms with van der Waals surface area (Å²) in [6.45, 7) is 7.96. The maximum atomic E-state index is 11.7. The Hall–Kier alpha value is 0.107. The lowest BCUT2D eigenvalue weighted by atomic mass is 10.3. The Balaban J connectivity index is 3.86. The van der Waals surface area contributed by atoms with Crippen molar-refractivity contribution in [3.63, 3.8) is 0 Å². The topological polar surface area (TPSA) is 17.1 Å². The summed E-state index contributed by atoms with van der Waals surface area (Å²) in [7, 11) is -1.63. The minimum absolute atomic E-state index is 0.494. The summed E-state index contributed by atoms with van der Waals surface area (Å²) in [5.41, 5.74) is 0. The fourth-order valence-electron chi connectivity index (χ4n) is 1.19. The van der Waals surface area contributed by atoms with Crippen LogP contribution in [-0.4, -0.2) is 18.8 Å². The number of rotatable bonds is 7. The van der Waals surface area contributed by atoms with Crippen molar-refractivity contribution in [2.45, 2.75) is 38.4 Å². The van der Waals surface area contributed by atoms with Crippen LogP contribution in [0.2, 0.25) is 19.1 Å². The van der Waals surface area contributed by atoms with Gasteiger partial charge in [-0.05, 0) is 18.9 Å². The molecule has 0 unspecified atom stereocenters. The second kappa shape index (κ2) is 6.54. The molecule has 0 heterocycles. The Bertz CT molecular complexity index is 178. The van der Waals surface area contributed by atoms with Crippen molar-refractivity contribution in [1.82, 2.24) is 0 Å². The highest BCUT2D eigenvalue weighted by Crippen LogP contribution is 2.14. The second-order valence-electron chi connectivity index (χ2n) is 3.95. The Labute approximate surface area is 90.7 Å². The highest BCUT2D eigenvalue weighted by molar-refractivity contribution is 9.09. The van der Waals surface area contributed by atoms with Crippen LogP contribution in [0.5, 0.6) is 0 Å². The van der Waals surface area contributed by atoms with Crippen molar-refractivity contribution < 1.29 is 4.79 Å². The molecule has 1 nitrogen and oxygen atoms in total. The van der Waals surface area contributed by atoms with Gasteiger partial charge < -0.3 is 4.79 Å². The Morgan fingerprint density at radius 3 is 2.54 bits per heavy atom. The monoisotopic (exact) mass is 262 g/mol. The van der Waals surface area contributed by atoms with E-state index in [1.165, 1.54) is 0 Å². The van der Waals surface area contributed by atoms with E-state index in [2.05, 4.69) is 35.6 Å². The number of hydrogen-bond acceptors (Lipinski definition) is 1. The third kappa shape index (κ3) is 5.42. The van der Waals surface area contributed by atoms with E-state index < -0.39 is 8.07 Å². The number of alkyl halides is 1. The molecule has 0 aliphatic carbocycles. The molecule has 0 bridgehead atoms. The van der Waals surface area contributed by atoms with Gasteiger partial charge >= 0.3 is 0 Å². The van der Waals surface area contributed by atoms with Crippen molar-refractivity contribution in [3.05, 3.63) is 12.7 Å². The first-order valence-corrected chi connectivity index (χ1v) is 9.07. The summed E-state index contributed by atoms with van der Waals surface area (Å²) in [5, 5.41) is 1.50. The van der Waals surface area contributed by atoms with Crippen LogP contribution in [0, 0.1) is 0 Å². The van der Waals surface area contributed by atoms with Crippen molar-refractivity contribution in [2.75, 3.05) is 5.33 Å². The summed E-state index contributed by atoms with van der Waals surface area (Å²) in [5.74, 6) is 0. The smallest absolute Gasteiger partial charge is 0.130 e. The van der Waals surface area contributed by atoms with E-state index in [4.69, 9.17) is 0 Å². The molecule has 0 atom stereocenters. The predicted octanol–water partition coefficient (Wildman–Crippen LogP) is 3.55. The molecule has 76 valence electrons. The van der Waals surface area contributed by atoms with E-state index >= 15 is 0 Å². The summed E-state index contributed by atoms with van der Waals surface area (Å²) in [4.78, 5) is 11.7. The van der Waals surface area contributed by atoms with Gasteiger partial charge in [-0.3, -0.25) is 0 Å². The van der Waals surface area contributed by atoms with E-state index in [0.29, 0.717) is 5.41 Å². The molecule has 0 aromatic heterocycles. The van der Waals surface area contributed by atoms with Crippen LogP contribution in [0.1, 0.15) is 19.3 Å². The molecule has 3 heteroatoms. The van der Waals surface area contributed by atoms with Gasteiger partial charge in [0.15, 0.2) is 0 Å². The van der Waals surface area contributed by atoms with Crippen LogP contribution in [-0.2, 0) is 4.79 Å². The van der Waals surface area contributed by atoms with Gasteiger partial charge in [0.25, 0.3) is 0 Å². The van der Waals surface area contributed by atoms with E-state index in [1.807, 2.05) is 6.08 Å². The van der Waals surface area contributed by atoms with Crippen molar-refractivity contribution in [2.24, 2.45) is 0 Å². The standard InChI is InChI=1S/C10H19BrOSi/c1-4-9-13(2,3)10(12)7-5-6-8-11/h4H,1,5-9H2,2-3H3. The van der Waals surface area contributed by atoms with Gasteiger partial charge in [-0.1, -0.05) is 35.1 Å². The summed E-state index contributed by atoms with van der Waals surface area (Å²) >= 11 is 3.36.